The molecule has 6 nitrogen and oxygen atoms in total. The van der Waals surface area contributed by atoms with Crippen molar-refractivity contribution in [3.63, 3.8) is 0 Å². The molecule has 0 saturated heterocycles. The summed E-state index contributed by atoms with van der Waals surface area (Å²) in [5.41, 5.74) is 3.08. The molecule has 2 atom stereocenters. The summed E-state index contributed by atoms with van der Waals surface area (Å²) in [6.45, 7) is 1.92. The van der Waals surface area contributed by atoms with Crippen LogP contribution in [0.3, 0.4) is 0 Å². The molecule has 4 N–H and O–H groups in total. The molecule has 0 aliphatic carbocycles. The van der Waals surface area contributed by atoms with Gasteiger partial charge in [-0.05, 0) is 36.8 Å². The van der Waals surface area contributed by atoms with Gasteiger partial charge >= 0.3 is 0 Å². The molecule has 0 spiro atoms. The Balaban J connectivity index is 1.94. The molecule has 0 radical (unpaired) electrons. The van der Waals surface area contributed by atoms with E-state index in [9.17, 15) is 20.7 Å². The van der Waals surface area contributed by atoms with Gasteiger partial charge in [-0.2, -0.15) is 10.5 Å². The molecular weight excluding hydrogens is 364 g/mol. The molecule has 0 heterocycles. The maximum atomic E-state index is 10.1. The Hall–Kier alpha value is -4.16. The number of phenols is 2. The minimum atomic E-state index is -0.788. The molecule has 0 aromatic heterocycles. The molecule has 0 bridgehead atoms. The summed E-state index contributed by atoms with van der Waals surface area (Å²) in [5.74, 6) is 0.0510. The maximum absolute atomic E-state index is 10.1. The summed E-state index contributed by atoms with van der Waals surface area (Å²) < 4.78 is 0. The molecule has 29 heavy (non-hydrogen) atoms. The van der Waals surface area contributed by atoms with Gasteiger partial charge in [0.05, 0.1) is 23.5 Å². The first kappa shape index (κ1) is 19.6. The van der Waals surface area contributed by atoms with Crippen LogP contribution in [0.25, 0.3) is 0 Å². The minimum absolute atomic E-state index is 0.0253. The second-order valence-electron chi connectivity index (χ2n) is 6.58. The summed E-state index contributed by atoms with van der Waals surface area (Å²) in [4.78, 5) is 0. The van der Waals surface area contributed by atoms with Gasteiger partial charge in [0.2, 0.25) is 0 Å². The van der Waals surface area contributed by atoms with Crippen molar-refractivity contribution in [3.8, 4) is 23.6 Å². The normalized spacial score (nSPS) is 12.2. The molecule has 6 heteroatoms. The number of nitriles is 2. The summed E-state index contributed by atoms with van der Waals surface area (Å²) in [6.07, 6.45) is 0. The first-order valence-corrected chi connectivity index (χ1v) is 9.02. The van der Waals surface area contributed by atoms with E-state index >= 15 is 0 Å². The van der Waals surface area contributed by atoms with E-state index in [2.05, 4.69) is 22.8 Å². The Morgan fingerprint density at radius 3 is 1.69 bits per heavy atom. The van der Waals surface area contributed by atoms with Crippen molar-refractivity contribution < 1.29 is 10.2 Å². The van der Waals surface area contributed by atoms with Crippen LogP contribution < -0.4 is 10.6 Å². The number of phenolic OH excluding ortho intramolecular Hbond substituents is 2. The number of nitrogens with one attached hydrogen (secondary N) is 2. The van der Waals surface area contributed by atoms with E-state index in [1.54, 1.807) is 42.5 Å². The highest BCUT2D eigenvalue weighted by atomic mass is 16.3. The van der Waals surface area contributed by atoms with E-state index in [-0.39, 0.29) is 11.5 Å². The van der Waals surface area contributed by atoms with Crippen molar-refractivity contribution in [2.75, 3.05) is 10.6 Å². The lowest BCUT2D eigenvalue weighted by Gasteiger charge is -2.21. The highest BCUT2D eigenvalue weighted by Gasteiger charge is 2.19. The van der Waals surface area contributed by atoms with E-state index < -0.39 is 12.1 Å². The van der Waals surface area contributed by atoms with Gasteiger partial charge in [0.25, 0.3) is 0 Å². The second kappa shape index (κ2) is 8.69. The van der Waals surface area contributed by atoms with Gasteiger partial charge in [-0.3, -0.25) is 0 Å². The van der Waals surface area contributed by atoms with Crippen molar-refractivity contribution in [2.45, 2.75) is 19.0 Å². The molecule has 0 aliphatic heterocycles. The number of para-hydroxylation sites is 2. The van der Waals surface area contributed by atoms with Gasteiger partial charge in [-0.25, -0.2) is 0 Å². The third-order valence-corrected chi connectivity index (χ3v) is 4.53. The highest BCUT2D eigenvalue weighted by Crippen LogP contribution is 2.34. The van der Waals surface area contributed by atoms with Crippen LogP contribution in [0.4, 0.5) is 11.4 Å². The molecule has 3 rings (SSSR count). The molecule has 0 saturated carbocycles. The van der Waals surface area contributed by atoms with Crippen molar-refractivity contribution in [1.29, 1.82) is 10.5 Å². The van der Waals surface area contributed by atoms with Crippen LogP contribution in [0.5, 0.6) is 11.5 Å². The molecule has 3 aromatic rings. The number of aryl methyl sites for hydroxylation is 1. The lowest BCUT2D eigenvalue weighted by Crippen LogP contribution is -2.14. The first-order valence-electron chi connectivity index (χ1n) is 9.02. The first-order chi connectivity index (χ1) is 14.0. The largest absolute Gasteiger partial charge is 0.508 e. The lowest BCUT2D eigenvalue weighted by molar-refractivity contribution is 0.466. The van der Waals surface area contributed by atoms with Crippen LogP contribution >= 0.6 is 0 Å². The van der Waals surface area contributed by atoms with Crippen LogP contribution in [0, 0.1) is 29.6 Å². The number of benzene rings is 3. The predicted octanol–water partition coefficient (Wildman–Crippen LogP) is 4.76. The number of rotatable bonds is 6. The Bertz CT molecular complexity index is 1100. The standard InChI is InChI=1S/C23H20N4O2/c1-15-10-11-18(26-20(13-24)16-6-2-4-8-22(16)28)19(12-15)27-21(14-25)17-7-3-5-9-23(17)29/h2-12,20-21,26-29H,1H3. The smallest absolute Gasteiger partial charge is 0.143 e. The third kappa shape index (κ3) is 4.40. The van der Waals surface area contributed by atoms with Crippen LogP contribution in [0.1, 0.15) is 28.8 Å². The van der Waals surface area contributed by atoms with Crippen LogP contribution in [0.15, 0.2) is 66.7 Å². The zero-order valence-electron chi connectivity index (χ0n) is 15.8. The predicted molar refractivity (Wildman–Crippen MR) is 111 cm³/mol. The van der Waals surface area contributed by atoms with E-state index in [0.717, 1.165) is 5.56 Å². The number of aromatic hydroxyl groups is 2. The number of hydrogen-bond donors (Lipinski definition) is 4. The van der Waals surface area contributed by atoms with Crippen LogP contribution in [0.2, 0.25) is 0 Å². The number of anilines is 2. The Morgan fingerprint density at radius 1 is 0.724 bits per heavy atom. The molecule has 2 unspecified atom stereocenters. The maximum Gasteiger partial charge on any atom is 0.143 e. The van der Waals surface area contributed by atoms with Gasteiger partial charge in [0.15, 0.2) is 0 Å². The summed E-state index contributed by atoms with van der Waals surface area (Å²) in [5, 5.41) is 45.7. The van der Waals surface area contributed by atoms with Gasteiger partial charge in [0.1, 0.15) is 23.6 Å². The molecule has 0 fully saturated rings. The topological polar surface area (TPSA) is 112 Å². The third-order valence-electron chi connectivity index (χ3n) is 4.53. The van der Waals surface area contributed by atoms with Gasteiger partial charge in [-0.1, -0.05) is 42.5 Å². The monoisotopic (exact) mass is 384 g/mol. The van der Waals surface area contributed by atoms with E-state index in [0.29, 0.717) is 22.5 Å². The Labute approximate surface area is 169 Å². The molecule has 0 amide bonds. The fourth-order valence-electron chi connectivity index (χ4n) is 3.04. The van der Waals surface area contributed by atoms with Crippen molar-refractivity contribution in [1.82, 2.24) is 0 Å². The SMILES string of the molecule is Cc1ccc(NC(C#N)c2ccccc2O)c(NC(C#N)c2ccccc2O)c1. The van der Waals surface area contributed by atoms with Crippen molar-refractivity contribution in [3.05, 3.63) is 83.4 Å². The van der Waals surface area contributed by atoms with Gasteiger partial charge in [-0.15, -0.1) is 0 Å². The lowest BCUT2D eigenvalue weighted by atomic mass is 10.0. The van der Waals surface area contributed by atoms with E-state index in [1.165, 1.54) is 12.1 Å². The summed E-state index contributed by atoms with van der Waals surface area (Å²) in [7, 11) is 0. The minimum Gasteiger partial charge on any atom is -0.508 e. The zero-order chi connectivity index (χ0) is 20.8. The van der Waals surface area contributed by atoms with Gasteiger partial charge in [0, 0.05) is 11.1 Å². The quantitative estimate of drug-likeness (QED) is 0.487. The number of hydrogen-bond acceptors (Lipinski definition) is 6. The van der Waals surface area contributed by atoms with Crippen molar-refractivity contribution in [2.24, 2.45) is 0 Å². The second-order valence-corrected chi connectivity index (χ2v) is 6.58. The average Bonchev–Trinajstić information content (AvgIpc) is 2.73. The summed E-state index contributed by atoms with van der Waals surface area (Å²) in [6, 6.07) is 21.6. The molecule has 144 valence electrons. The summed E-state index contributed by atoms with van der Waals surface area (Å²) >= 11 is 0. The average molecular weight is 384 g/mol. The fraction of sp³-hybridized carbons (Fsp3) is 0.130. The molecule has 0 aliphatic rings. The fourth-order valence-corrected chi connectivity index (χ4v) is 3.04. The zero-order valence-corrected chi connectivity index (χ0v) is 15.8. The molecule has 3 aromatic carbocycles. The van der Waals surface area contributed by atoms with Gasteiger partial charge < -0.3 is 20.8 Å². The number of nitrogens with zero attached hydrogens (tertiary/aromatic N) is 2. The Morgan fingerprint density at radius 2 is 1.21 bits per heavy atom. The van der Waals surface area contributed by atoms with E-state index in [4.69, 9.17) is 0 Å². The van der Waals surface area contributed by atoms with Crippen LogP contribution in [-0.4, -0.2) is 10.2 Å². The van der Waals surface area contributed by atoms with E-state index in [1.807, 2.05) is 19.1 Å². The highest BCUT2D eigenvalue weighted by molar-refractivity contribution is 5.72. The molecular formula is C23H20N4O2. The van der Waals surface area contributed by atoms with Crippen LogP contribution in [-0.2, 0) is 0 Å². The Kier molecular flexibility index (Phi) is 5.87. The van der Waals surface area contributed by atoms with Crippen molar-refractivity contribution >= 4 is 11.4 Å².